The van der Waals surface area contributed by atoms with Gasteiger partial charge in [0.15, 0.2) is 0 Å². The smallest absolute Gasteiger partial charge is 0.303 e. The largest absolute Gasteiger partial charge is 0.481 e. The highest BCUT2D eigenvalue weighted by Gasteiger charge is 2.51. The molecule has 3 rings (SSSR count). The van der Waals surface area contributed by atoms with Crippen molar-refractivity contribution in [2.75, 3.05) is 13.1 Å². The maximum absolute atomic E-state index is 11.9. The highest BCUT2D eigenvalue weighted by atomic mass is 16.4. The Balaban J connectivity index is 1.51. The maximum Gasteiger partial charge on any atom is 0.303 e. The van der Waals surface area contributed by atoms with E-state index in [4.69, 9.17) is 0 Å². The molecule has 2 spiro atoms. The van der Waals surface area contributed by atoms with Crippen LogP contribution in [0.5, 0.6) is 0 Å². The number of hydrogen-bond acceptors (Lipinski definition) is 3. The second-order valence-electron chi connectivity index (χ2n) is 11.9. The van der Waals surface area contributed by atoms with Crippen LogP contribution < -0.4 is 10.6 Å². The van der Waals surface area contributed by atoms with E-state index < -0.39 is 5.97 Å². The van der Waals surface area contributed by atoms with Crippen LogP contribution in [0.15, 0.2) is 0 Å². The van der Waals surface area contributed by atoms with Gasteiger partial charge in [-0.25, -0.2) is 0 Å². The van der Waals surface area contributed by atoms with Crippen molar-refractivity contribution in [3.05, 3.63) is 0 Å². The molecule has 3 aliphatic rings. The summed E-state index contributed by atoms with van der Waals surface area (Å²) in [6.07, 6.45) is 26.6. The van der Waals surface area contributed by atoms with E-state index in [9.17, 15) is 9.90 Å². The van der Waals surface area contributed by atoms with Gasteiger partial charge in [-0.2, -0.15) is 0 Å². The van der Waals surface area contributed by atoms with Crippen LogP contribution >= 0.6 is 0 Å². The molecule has 3 unspecified atom stereocenters. The lowest BCUT2D eigenvalue weighted by atomic mass is 9.62. The van der Waals surface area contributed by atoms with Crippen molar-refractivity contribution < 1.29 is 9.90 Å². The molecule has 2 saturated carbocycles. The molecule has 1 aliphatic heterocycles. The summed E-state index contributed by atoms with van der Waals surface area (Å²) in [7, 11) is 0. The molecule has 33 heavy (non-hydrogen) atoms. The van der Waals surface area contributed by atoms with E-state index in [2.05, 4.69) is 17.6 Å². The zero-order valence-electron chi connectivity index (χ0n) is 21.8. The summed E-state index contributed by atoms with van der Waals surface area (Å²) in [6.45, 7) is 4.42. The van der Waals surface area contributed by atoms with E-state index in [1.165, 1.54) is 122 Å². The van der Waals surface area contributed by atoms with Crippen molar-refractivity contribution in [3.63, 3.8) is 0 Å². The lowest BCUT2D eigenvalue weighted by molar-refractivity contribution is -0.139. The van der Waals surface area contributed by atoms with E-state index in [0.717, 1.165) is 19.5 Å². The molecule has 1 saturated heterocycles. The van der Waals surface area contributed by atoms with Crippen LogP contribution in [-0.2, 0) is 4.79 Å². The normalized spacial score (nSPS) is 28.2. The van der Waals surface area contributed by atoms with Gasteiger partial charge in [-0.15, -0.1) is 0 Å². The van der Waals surface area contributed by atoms with Crippen LogP contribution in [0.1, 0.15) is 142 Å². The molecule has 192 valence electrons. The Morgan fingerprint density at radius 3 is 2.15 bits per heavy atom. The van der Waals surface area contributed by atoms with Crippen molar-refractivity contribution in [3.8, 4) is 0 Å². The molecule has 4 nitrogen and oxygen atoms in total. The van der Waals surface area contributed by atoms with Gasteiger partial charge in [-0.05, 0) is 43.9 Å². The third kappa shape index (κ3) is 8.23. The molecule has 1 heterocycles. The van der Waals surface area contributed by atoms with Crippen molar-refractivity contribution in [1.29, 1.82) is 0 Å². The average Bonchev–Trinajstić information content (AvgIpc) is 2.80. The van der Waals surface area contributed by atoms with Gasteiger partial charge in [-0.3, -0.25) is 4.79 Å². The quantitative estimate of drug-likeness (QED) is 0.239. The van der Waals surface area contributed by atoms with Crippen LogP contribution in [0.25, 0.3) is 0 Å². The van der Waals surface area contributed by atoms with E-state index in [1.54, 1.807) is 0 Å². The zero-order valence-corrected chi connectivity index (χ0v) is 21.8. The first-order valence-corrected chi connectivity index (χ1v) is 14.8. The number of aliphatic carboxylic acids is 1. The fourth-order valence-electron chi connectivity index (χ4n) is 7.56. The summed E-state index contributed by atoms with van der Waals surface area (Å²) in [6, 6.07) is 0. The average molecular weight is 463 g/mol. The Labute approximate surface area is 204 Å². The minimum atomic E-state index is -0.594. The SMILES string of the molecule is CCCCCCCCCCCCC(CC(=O)O)C1CCCCC12CNCC1(CCCCC1)N2. The standard InChI is InChI=1S/C29H54N2O2/c1-2-3-4-5-6-7-8-9-10-12-17-25(22-27(32)33)26-18-13-16-21-29(26)24-30-23-28(31-29)19-14-11-15-20-28/h25-26,30-31H,2-24H2,1H3,(H,32,33). The van der Waals surface area contributed by atoms with Crippen LogP contribution in [0.2, 0.25) is 0 Å². The molecular weight excluding hydrogens is 408 g/mol. The fraction of sp³-hybridized carbons (Fsp3) is 0.966. The van der Waals surface area contributed by atoms with Crippen molar-refractivity contribution in [2.45, 2.75) is 153 Å². The summed E-state index contributed by atoms with van der Waals surface area (Å²) < 4.78 is 0. The predicted octanol–water partition coefficient (Wildman–Crippen LogP) is 7.21. The van der Waals surface area contributed by atoms with Crippen LogP contribution in [0, 0.1) is 11.8 Å². The number of piperazine rings is 1. The number of nitrogens with one attached hydrogen (secondary N) is 2. The molecular formula is C29H54N2O2. The molecule has 0 aromatic heterocycles. The number of rotatable bonds is 14. The summed E-state index contributed by atoms with van der Waals surface area (Å²) in [5.74, 6) is 0.237. The van der Waals surface area contributed by atoms with Crippen molar-refractivity contribution >= 4 is 5.97 Å². The summed E-state index contributed by atoms with van der Waals surface area (Å²) >= 11 is 0. The summed E-state index contributed by atoms with van der Waals surface area (Å²) in [5, 5.41) is 17.9. The van der Waals surface area contributed by atoms with Gasteiger partial charge in [0.1, 0.15) is 0 Å². The topological polar surface area (TPSA) is 61.4 Å². The first-order valence-electron chi connectivity index (χ1n) is 14.8. The summed E-state index contributed by atoms with van der Waals surface area (Å²) in [4.78, 5) is 11.9. The van der Waals surface area contributed by atoms with E-state index in [0.29, 0.717) is 18.3 Å². The lowest BCUT2D eigenvalue weighted by Gasteiger charge is -2.57. The number of carboxylic acid groups (broad SMARTS) is 1. The van der Waals surface area contributed by atoms with E-state index in [1.807, 2.05) is 0 Å². The number of carboxylic acids is 1. The minimum Gasteiger partial charge on any atom is -0.481 e. The second kappa shape index (κ2) is 14.1. The molecule has 0 amide bonds. The lowest BCUT2D eigenvalue weighted by Crippen LogP contribution is -2.74. The van der Waals surface area contributed by atoms with Crippen molar-refractivity contribution in [2.24, 2.45) is 11.8 Å². The molecule has 3 atom stereocenters. The van der Waals surface area contributed by atoms with Gasteiger partial charge in [0.05, 0.1) is 0 Å². The minimum absolute atomic E-state index is 0.118. The molecule has 4 heteroatoms. The van der Waals surface area contributed by atoms with Gasteiger partial charge < -0.3 is 15.7 Å². The number of carbonyl (C=O) groups is 1. The molecule has 0 radical (unpaired) electrons. The first-order chi connectivity index (χ1) is 16.1. The Kier molecular flexibility index (Phi) is 11.5. The van der Waals surface area contributed by atoms with Crippen LogP contribution in [0.4, 0.5) is 0 Å². The Morgan fingerprint density at radius 2 is 1.48 bits per heavy atom. The molecule has 3 N–H and O–H groups in total. The third-order valence-electron chi connectivity index (χ3n) is 9.26. The Morgan fingerprint density at radius 1 is 0.848 bits per heavy atom. The van der Waals surface area contributed by atoms with Crippen LogP contribution in [-0.4, -0.2) is 35.2 Å². The Bertz CT molecular complexity index is 550. The molecule has 2 aliphatic carbocycles. The molecule has 0 aromatic carbocycles. The number of hydrogen-bond donors (Lipinski definition) is 3. The fourth-order valence-corrected chi connectivity index (χ4v) is 7.56. The number of unbranched alkanes of at least 4 members (excludes halogenated alkanes) is 9. The zero-order chi connectivity index (χ0) is 23.4. The second-order valence-corrected chi connectivity index (χ2v) is 11.9. The molecule has 0 aromatic rings. The van der Waals surface area contributed by atoms with Gasteiger partial charge in [0.25, 0.3) is 0 Å². The maximum atomic E-state index is 11.9. The van der Waals surface area contributed by atoms with Gasteiger partial charge >= 0.3 is 5.97 Å². The van der Waals surface area contributed by atoms with Gasteiger partial charge in [0, 0.05) is 30.6 Å². The molecule has 0 bridgehead atoms. The van der Waals surface area contributed by atoms with Gasteiger partial charge in [0.2, 0.25) is 0 Å². The van der Waals surface area contributed by atoms with E-state index in [-0.39, 0.29) is 11.1 Å². The first kappa shape index (κ1) is 27.0. The Hall–Kier alpha value is -0.610. The summed E-state index contributed by atoms with van der Waals surface area (Å²) in [5.41, 5.74) is 0.378. The highest BCUT2D eigenvalue weighted by Crippen LogP contribution is 2.45. The monoisotopic (exact) mass is 462 g/mol. The third-order valence-corrected chi connectivity index (χ3v) is 9.26. The highest BCUT2D eigenvalue weighted by molar-refractivity contribution is 5.67. The van der Waals surface area contributed by atoms with Crippen molar-refractivity contribution in [1.82, 2.24) is 10.6 Å². The predicted molar refractivity (Wildman–Crippen MR) is 139 cm³/mol. The van der Waals surface area contributed by atoms with Gasteiger partial charge in [-0.1, -0.05) is 103 Å². The van der Waals surface area contributed by atoms with E-state index >= 15 is 0 Å². The molecule has 3 fully saturated rings. The van der Waals surface area contributed by atoms with Crippen LogP contribution in [0.3, 0.4) is 0 Å².